The molecule has 0 aliphatic carbocycles. The highest BCUT2D eigenvalue weighted by atomic mass is 32.2. The molecule has 0 fully saturated rings. The largest absolute Gasteiger partial charge is 0.333 e. The van der Waals surface area contributed by atoms with Crippen molar-refractivity contribution in [2.75, 3.05) is 6.26 Å². The Morgan fingerprint density at radius 2 is 2.38 bits per heavy atom. The summed E-state index contributed by atoms with van der Waals surface area (Å²) < 4.78 is 0. The van der Waals surface area contributed by atoms with E-state index in [4.69, 9.17) is 0 Å². The SMILES string of the molecule is CSc1nc2c(C[O])cccc2[nH]1. The summed E-state index contributed by atoms with van der Waals surface area (Å²) in [6.45, 7) is -0.212. The van der Waals surface area contributed by atoms with Gasteiger partial charge in [-0.2, -0.15) is 0 Å². The molecular formula is C9H9N2OS. The lowest BCUT2D eigenvalue weighted by Gasteiger charge is -1.93. The molecule has 0 saturated heterocycles. The molecule has 1 aromatic carbocycles. The molecule has 13 heavy (non-hydrogen) atoms. The van der Waals surface area contributed by atoms with E-state index in [-0.39, 0.29) is 6.61 Å². The molecule has 1 heterocycles. The first-order chi connectivity index (χ1) is 6.35. The molecule has 0 bridgehead atoms. The number of hydrogen-bond acceptors (Lipinski definition) is 2. The third kappa shape index (κ3) is 1.43. The summed E-state index contributed by atoms with van der Waals surface area (Å²) in [7, 11) is 0. The van der Waals surface area contributed by atoms with Gasteiger partial charge in [0, 0.05) is 5.56 Å². The minimum atomic E-state index is -0.212. The number of fused-ring (bicyclic) bond motifs is 1. The van der Waals surface area contributed by atoms with E-state index in [1.807, 2.05) is 24.5 Å². The van der Waals surface area contributed by atoms with Crippen LogP contribution in [0.4, 0.5) is 0 Å². The fraction of sp³-hybridized carbons (Fsp3) is 0.222. The van der Waals surface area contributed by atoms with Crippen LogP contribution in [-0.4, -0.2) is 16.2 Å². The van der Waals surface area contributed by atoms with Crippen molar-refractivity contribution in [3.63, 3.8) is 0 Å². The topological polar surface area (TPSA) is 48.6 Å². The zero-order valence-electron chi connectivity index (χ0n) is 7.20. The maximum atomic E-state index is 10.8. The van der Waals surface area contributed by atoms with Crippen LogP contribution in [0, 0.1) is 0 Å². The van der Waals surface area contributed by atoms with Crippen molar-refractivity contribution in [2.24, 2.45) is 0 Å². The molecule has 1 N–H and O–H groups in total. The van der Waals surface area contributed by atoms with Crippen LogP contribution in [0.15, 0.2) is 23.4 Å². The third-order valence-corrected chi connectivity index (χ3v) is 2.50. The molecule has 0 aliphatic heterocycles. The van der Waals surface area contributed by atoms with Crippen LogP contribution in [0.2, 0.25) is 0 Å². The zero-order chi connectivity index (χ0) is 9.26. The number of thioether (sulfide) groups is 1. The maximum absolute atomic E-state index is 10.8. The number of nitrogens with one attached hydrogen (secondary N) is 1. The molecule has 4 heteroatoms. The third-order valence-electron chi connectivity index (χ3n) is 1.92. The molecule has 0 spiro atoms. The molecular weight excluding hydrogens is 184 g/mol. The minimum absolute atomic E-state index is 0.212. The lowest BCUT2D eigenvalue weighted by molar-refractivity contribution is 0.178. The van der Waals surface area contributed by atoms with Crippen molar-refractivity contribution in [3.8, 4) is 0 Å². The van der Waals surface area contributed by atoms with Gasteiger partial charge in [0.2, 0.25) is 0 Å². The van der Waals surface area contributed by atoms with Crippen LogP contribution in [-0.2, 0) is 11.7 Å². The summed E-state index contributed by atoms with van der Waals surface area (Å²) in [5.74, 6) is 0. The predicted molar refractivity (Wildman–Crippen MR) is 52.3 cm³/mol. The van der Waals surface area contributed by atoms with E-state index in [1.54, 1.807) is 11.8 Å². The van der Waals surface area contributed by atoms with Gasteiger partial charge in [-0.05, 0) is 12.3 Å². The Morgan fingerprint density at radius 1 is 1.54 bits per heavy atom. The van der Waals surface area contributed by atoms with E-state index in [0.717, 1.165) is 21.8 Å². The molecule has 0 atom stereocenters. The maximum Gasteiger partial charge on any atom is 0.166 e. The number of nitrogens with zero attached hydrogens (tertiary/aromatic N) is 1. The lowest BCUT2D eigenvalue weighted by Crippen LogP contribution is -1.82. The Labute approximate surface area is 80.2 Å². The second-order valence-electron chi connectivity index (χ2n) is 2.70. The van der Waals surface area contributed by atoms with E-state index >= 15 is 0 Å². The summed E-state index contributed by atoms with van der Waals surface area (Å²) in [6.07, 6.45) is 1.95. The van der Waals surface area contributed by atoms with E-state index in [2.05, 4.69) is 9.97 Å². The van der Waals surface area contributed by atoms with E-state index in [1.165, 1.54) is 0 Å². The molecule has 1 aromatic heterocycles. The first-order valence-electron chi connectivity index (χ1n) is 3.95. The number of imidazole rings is 1. The van der Waals surface area contributed by atoms with Crippen molar-refractivity contribution in [1.29, 1.82) is 0 Å². The second-order valence-corrected chi connectivity index (χ2v) is 3.50. The van der Waals surface area contributed by atoms with Gasteiger partial charge in [0.05, 0.1) is 11.0 Å². The first-order valence-corrected chi connectivity index (χ1v) is 5.17. The van der Waals surface area contributed by atoms with Crippen LogP contribution in [0.25, 0.3) is 11.0 Å². The van der Waals surface area contributed by atoms with Gasteiger partial charge in [-0.3, -0.25) is 0 Å². The average molecular weight is 193 g/mol. The van der Waals surface area contributed by atoms with Gasteiger partial charge in [-0.25, -0.2) is 10.1 Å². The van der Waals surface area contributed by atoms with Crippen LogP contribution in [0.3, 0.4) is 0 Å². The molecule has 0 saturated carbocycles. The standard InChI is InChI=1S/C9H9N2OS/c1-13-9-10-7-4-2-3-6(5-12)8(7)11-9/h2-4H,5H2,1H3,(H,10,11). The smallest absolute Gasteiger partial charge is 0.166 e. The lowest BCUT2D eigenvalue weighted by atomic mass is 10.2. The van der Waals surface area contributed by atoms with Crippen molar-refractivity contribution in [1.82, 2.24) is 9.97 Å². The monoisotopic (exact) mass is 193 g/mol. The fourth-order valence-corrected chi connectivity index (χ4v) is 1.68. The molecule has 3 nitrogen and oxygen atoms in total. The van der Waals surface area contributed by atoms with Crippen molar-refractivity contribution in [2.45, 2.75) is 11.8 Å². The van der Waals surface area contributed by atoms with Crippen LogP contribution in [0.1, 0.15) is 5.56 Å². The molecule has 2 rings (SSSR count). The highest BCUT2D eigenvalue weighted by Gasteiger charge is 2.05. The Hall–Kier alpha value is -1.00. The molecule has 2 aromatic rings. The quantitative estimate of drug-likeness (QED) is 0.743. The molecule has 67 valence electrons. The summed E-state index contributed by atoms with van der Waals surface area (Å²) in [5.41, 5.74) is 2.51. The number of hydrogen-bond donors (Lipinski definition) is 1. The van der Waals surface area contributed by atoms with Gasteiger partial charge in [-0.15, -0.1) is 0 Å². The number of rotatable bonds is 2. The van der Waals surface area contributed by atoms with Crippen LogP contribution >= 0.6 is 11.8 Å². The summed E-state index contributed by atoms with van der Waals surface area (Å²) >= 11 is 1.55. The Balaban J connectivity index is 2.67. The molecule has 0 unspecified atom stereocenters. The van der Waals surface area contributed by atoms with Gasteiger partial charge in [-0.1, -0.05) is 23.9 Å². The normalized spacial score (nSPS) is 10.9. The number of H-pyrrole nitrogens is 1. The summed E-state index contributed by atoms with van der Waals surface area (Å²) in [5, 5.41) is 11.6. The van der Waals surface area contributed by atoms with Crippen molar-refractivity contribution >= 4 is 22.8 Å². The fourth-order valence-electron chi connectivity index (χ4n) is 1.28. The van der Waals surface area contributed by atoms with E-state index in [0.29, 0.717) is 0 Å². The zero-order valence-corrected chi connectivity index (χ0v) is 8.02. The molecule has 0 amide bonds. The number of para-hydroxylation sites is 1. The van der Waals surface area contributed by atoms with Crippen LogP contribution < -0.4 is 0 Å². The van der Waals surface area contributed by atoms with Gasteiger partial charge < -0.3 is 4.98 Å². The number of aromatic amines is 1. The molecule has 0 aliphatic rings. The van der Waals surface area contributed by atoms with Gasteiger partial charge in [0.1, 0.15) is 6.61 Å². The Morgan fingerprint density at radius 3 is 3.08 bits per heavy atom. The predicted octanol–water partition coefficient (Wildman–Crippen LogP) is 2.22. The first kappa shape index (κ1) is 8.59. The number of benzene rings is 1. The Kier molecular flexibility index (Phi) is 2.24. The van der Waals surface area contributed by atoms with Crippen molar-refractivity contribution < 1.29 is 5.11 Å². The average Bonchev–Trinajstić information content (AvgIpc) is 2.59. The highest BCUT2D eigenvalue weighted by molar-refractivity contribution is 7.98. The van der Waals surface area contributed by atoms with Gasteiger partial charge >= 0.3 is 0 Å². The van der Waals surface area contributed by atoms with Gasteiger partial charge in [0.15, 0.2) is 5.16 Å². The number of aromatic nitrogens is 2. The second kappa shape index (κ2) is 3.40. The van der Waals surface area contributed by atoms with Crippen molar-refractivity contribution in [3.05, 3.63) is 23.8 Å². The minimum Gasteiger partial charge on any atom is -0.333 e. The Bertz CT molecular complexity index is 424. The highest BCUT2D eigenvalue weighted by Crippen LogP contribution is 2.20. The van der Waals surface area contributed by atoms with E-state index < -0.39 is 0 Å². The molecule has 1 radical (unpaired) electrons. The summed E-state index contributed by atoms with van der Waals surface area (Å²) in [4.78, 5) is 7.44. The van der Waals surface area contributed by atoms with Gasteiger partial charge in [0.25, 0.3) is 0 Å². The summed E-state index contributed by atoms with van der Waals surface area (Å²) in [6, 6.07) is 5.62. The van der Waals surface area contributed by atoms with Crippen LogP contribution in [0.5, 0.6) is 0 Å². The van der Waals surface area contributed by atoms with E-state index in [9.17, 15) is 5.11 Å².